The maximum Gasteiger partial charge on any atom is 0.411 e. The largest absolute Gasteiger partial charge is 0.465 e. The van der Waals surface area contributed by atoms with Gasteiger partial charge in [-0.2, -0.15) is 5.10 Å². The molecular formula is C24H22F2N4O5. The van der Waals surface area contributed by atoms with Crippen molar-refractivity contribution in [3.63, 3.8) is 0 Å². The van der Waals surface area contributed by atoms with Crippen LogP contribution < -0.4 is 10.3 Å². The fourth-order valence-corrected chi connectivity index (χ4v) is 3.86. The van der Waals surface area contributed by atoms with E-state index in [1.807, 2.05) is 0 Å². The van der Waals surface area contributed by atoms with Crippen molar-refractivity contribution in [3.05, 3.63) is 81.8 Å². The van der Waals surface area contributed by atoms with Crippen LogP contribution in [0.4, 0.5) is 19.3 Å². The number of halogens is 2. The van der Waals surface area contributed by atoms with E-state index in [-0.39, 0.29) is 48.8 Å². The Morgan fingerprint density at radius 2 is 1.94 bits per heavy atom. The molecule has 0 bridgehead atoms. The van der Waals surface area contributed by atoms with Crippen LogP contribution in [0.3, 0.4) is 0 Å². The molecule has 182 valence electrons. The second-order valence-corrected chi connectivity index (χ2v) is 7.95. The van der Waals surface area contributed by atoms with Crippen LogP contribution in [0.1, 0.15) is 11.3 Å². The molecule has 3 aromatic rings. The molecule has 1 aliphatic heterocycles. The minimum Gasteiger partial charge on any atom is -0.465 e. The van der Waals surface area contributed by atoms with Crippen molar-refractivity contribution in [3.8, 4) is 11.1 Å². The Bertz CT molecular complexity index is 1290. The summed E-state index contributed by atoms with van der Waals surface area (Å²) in [5.74, 6) is -1.81. The molecular weight excluding hydrogens is 462 g/mol. The Labute approximate surface area is 198 Å². The summed E-state index contributed by atoms with van der Waals surface area (Å²) in [6.07, 6.45) is 0.147. The average Bonchev–Trinajstić information content (AvgIpc) is 2.81. The normalized spacial score (nSPS) is 13.7. The van der Waals surface area contributed by atoms with Crippen molar-refractivity contribution in [1.82, 2.24) is 15.1 Å². The van der Waals surface area contributed by atoms with Crippen molar-refractivity contribution in [2.45, 2.75) is 6.42 Å². The second-order valence-electron chi connectivity index (χ2n) is 7.95. The molecule has 0 atom stereocenters. The van der Waals surface area contributed by atoms with Gasteiger partial charge in [0.05, 0.1) is 6.61 Å². The van der Waals surface area contributed by atoms with Gasteiger partial charge in [-0.05, 0) is 35.4 Å². The van der Waals surface area contributed by atoms with E-state index in [9.17, 15) is 28.3 Å². The highest BCUT2D eigenvalue weighted by Crippen LogP contribution is 2.21. The van der Waals surface area contributed by atoms with Gasteiger partial charge in [0.1, 0.15) is 23.9 Å². The molecule has 0 radical (unpaired) electrons. The monoisotopic (exact) mass is 484 g/mol. The van der Waals surface area contributed by atoms with Gasteiger partial charge in [-0.25, -0.2) is 13.6 Å². The van der Waals surface area contributed by atoms with Crippen LogP contribution >= 0.6 is 0 Å². The average molecular weight is 484 g/mol. The molecule has 0 saturated carbocycles. The molecule has 0 unspecified atom stereocenters. The molecule has 2 amide bonds. The number of carbonyl (C=O) groups is 2. The van der Waals surface area contributed by atoms with Gasteiger partial charge in [-0.15, -0.1) is 0 Å². The number of aromatic nitrogens is 2. The maximum atomic E-state index is 13.6. The number of hydrogen-bond acceptors (Lipinski definition) is 5. The number of benzene rings is 2. The molecule has 1 fully saturated rings. The highest BCUT2D eigenvalue weighted by molar-refractivity contribution is 5.86. The number of morpholine rings is 1. The predicted octanol–water partition coefficient (Wildman–Crippen LogP) is 2.65. The van der Waals surface area contributed by atoms with Gasteiger partial charge < -0.3 is 14.7 Å². The van der Waals surface area contributed by atoms with Gasteiger partial charge in [0.2, 0.25) is 11.3 Å². The predicted molar refractivity (Wildman–Crippen MR) is 122 cm³/mol. The lowest BCUT2D eigenvalue weighted by atomic mass is 10.0. The van der Waals surface area contributed by atoms with Crippen molar-refractivity contribution < 1.29 is 28.2 Å². The third-order valence-electron chi connectivity index (χ3n) is 5.59. The van der Waals surface area contributed by atoms with E-state index in [2.05, 4.69) is 10.2 Å². The third kappa shape index (κ3) is 5.69. The lowest BCUT2D eigenvalue weighted by Gasteiger charge is -2.29. The number of anilines is 1. The molecule has 35 heavy (non-hydrogen) atoms. The van der Waals surface area contributed by atoms with Crippen LogP contribution in [0.5, 0.6) is 0 Å². The highest BCUT2D eigenvalue weighted by atomic mass is 19.1. The number of H-pyrrole nitrogens is 1. The van der Waals surface area contributed by atoms with Gasteiger partial charge in [-0.1, -0.05) is 12.1 Å². The molecule has 1 saturated heterocycles. The van der Waals surface area contributed by atoms with E-state index in [1.165, 1.54) is 6.20 Å². The summed E-state index contributed by atoms with van der Waals surface area (Å²) in [7, 11) is 0. The quantitative estimate of drug-likeness (QED) is 0.533. The summed E-state index contributed by atoms with van der Waals surface area (Å²) in [6.45, 7) is 1.05. The second kappa shape index (κ2) is 10.4. The van der Waals surface area contributed by atoms with Crippen LogP contribution in [0.2, 0.25) is 0 Å². The minimum atomic E-state index is -1.19. The zero-order valence-electron chi connectivity index (χ0n) is 18.5. The number of ether oxygens (including phenoxy) is 1. The first kappa shape index (κ1) is 24.0. The number of nitrogens with one attached hydrogen (secondary N) is 1. The zero-order chi connectivity index (χ0) is 24.9. The SMILES string of the molecule is O=C1COCCN1CCN(C(=O)O)c1cccc(Cc2n[nH]cc(-c3cc(F)cc(F)c3)c2=O)c1. The van der Waals surface area contributed by atoms with Crippen LogP contribution in [0.25, 0.3) is 11.1 Å². The Balaban J connectivity index is 1.55. The molecule has 0 aliphatic carbocycles. The van der Waals surface area contributed by atoms with Crippen LogP contribution in [0.15, 0.2) is 53.5 Å². The summed E-state index contributed by atoms with van der Waals surface area (Å²) in [6, 6.07) is 9.43. The molecule has 1 aliphatic rings. The number of nitrogens with zero attached hydrogens (tertiary/aromatic N) is 3. The number of hydrogen-bond donors (Lipinski definition) is 2. The lowest BCUT2D eigenvalue weighted by Crippen LogP contribution is -2.46. The van der Waals surface area contributed by atoms with Crippen molar-refractivity contribution in [1.29, 1.82) is 0 Å². The number of rotatable bonds is 7. The molecule has 11 heteroatoms. The Morgan fingerprint density at radius 3 is 2.66 bits per heavy atom. The standard InChI is InChI=1S/C24H22F2N4O5/c25-17-10-16(11-18(26)12-17)20-13-27-28-21(23(20)32)9-15-2-1-3-19(8-15)30(24(33)34)5-4-29-6-7-35-14-22(29)31/h1-3,8,10-13H,4-7,9,14H2,(H,27,32)(H,33,34). The topological polar surface area (TPSA) is 116 Å². The number of carboxylic acid groups (broad SMARTS) is 1. The van der Waals surface area contributed by atoms with E-state index in [0.717, 1.165) is 17.0 Å². The van der Waals surface area contributed by atoms with Gasteiger partial charge in [0.25, 0.3) is 0 Å². The highest BCUT2D eigenvalue weighted by Gasteiger charge is 2.22. The molecule has 2 aromatic carbocycles. The van der Waals surface area contributed by atoms with E-state index in [1.54, 1.807) is 29.2 Å². The molecule has 4 rings (SSSR count). The first-order chi connectivity index (χ1) is 16.8. The Kier molecular flexibility index (Phi) is 7.16. The van der Waals surface area contributed by atoms with Gasteiger partial charge >= 0.3 is 6.09 Å². The van der Waals surface area contributed by atoms with Gasteiger partial charge in [0.15, 0.2) is 0 Å². The summed E-state index contributed by atoms with van der Waals surface area (Å²) in [5.41, 5.74) is 0.722. The first-order valence-electron chi connectivity index (χ1n) is 10.8. The maximum absolute atomic E-state index is 13.6. The van der Waals surface area contributed by atoms with Crippen molar-refractivity contribution in [2.75, 3.05) is 37.7 Å². The van der Waals surface area contributed by atoms with Crippen molar-refractivity contribution >= 4 is 17.7 Å². The van der Waals surface area contributed by atoms with Gasteiger partial charge in [0, 0.05) is 49.6 Å². The third-order valence-corrected chi connectivity index (χ3v) is 5.59. The first-order valence-corrected chi connectivity index (χ1v) is 10.8. The fraction of sp³-hybridized carbons (Fsp3) is 0.250. The Morgan fingerprint density at radius 1 is 1.17 bits per heavy atom. The molecule has 2 N–H and O–H groups in total. The smallest absolute Gasteiger partial charge is 0.411 e. The van der Waals surface area contributed by atoms with E-state index < -0.39 is 23.2 Å². The van der Waals surface area contributed by atoms with Crippen molar-refractivity contribution in [2.24, 2.45) is 0 Å². The minimum absolute atomic E-state index is 0.0224. The van der Waals surface area contributed by atoms with E-state index in [0.29, 0.717) is 30.5 Å². The summed E-state index contributed by atoms with van der Waals surface area (Å²) in [4.78, 5) is 39.4. The van der Waals surface area contributed by atoms with Crippen LogP contribution in [-0.4, -0.2) is 65.1 Å². The number of amides is 2. The number of carbonyl (C=O) groups excluding carboxylic acids is 1. The zero-order valence-corrected chi connectivity index (χ0v) is 18.5. The molecule has 2 heterocycles. The summed E-state index contributed by atoms with van der Waals surface area (Å²) >= 11 is 0. The number of aromatic amines is 1. The van der Waals surface area contributed by atoms with E-state index >= 15 is 0 Å². The Hall–Kier alpha value is -4.12. The molecule has 1 aromatic heterocycles. The van der Waals surface area contributed by atoms with E-state index in [4.69, 9.17) is 4.74 Å². The molecule has 0 spiro atoms. The van der Waals surface area contributed by atoms with Crippen LogP contribution in [0, 0.1) is 11.6 Å². The van der Waals surface area contributed by atoms with Gasteiger partial charge in [-0.3, -0.25) is 19.6 Å². The summed E-state index contributed by atoms with van der Waals surface area (Å²) < 4.78 is 32.4. The molecule has 9 nitrogen and oxygen atoms in total. The fourth-order valence-electron chi connectivity index (χ4n) is 3.86. The lowest BCUT2D eigenvalue weighted by molar-refractivity contribution is -0.142. The van der Waals surface area contributed by atoms with Crippen LogP contribution in [-0.2, 0) is 16.0 Å². The summed E-state index contributed by atoms with van der Waals surface area (Å²) in [5, 5.41) is 16.3.